The van der Waals surface area contributed by atoms with Gasteiger partial charge in [0.2, 0.25) is 0 Å². The maximum absolute atomic E-state index is 5.19. The summed E-state index contributed by atoms with van der Waals surface area (Å²) in [5, 5.41) is 6.80. The van der Waals surface area contributed by atoms with Gasteiger partial charge in [-0.15, -0.1) is 0 Å². The van der Waals surface area contributed by atoms with Crippen LogP contribution in [-0.4, -0.2) is 24.9 Å². The van der Waals surface area contributed by atoms with E-state index in [4.69, 9.17) is 15.0 Å². The van der Waals surface area contributed by atoms with E-state index in [1.807, 2.05) is 24.5 Å². The predicted molar refractivity (Wildman–Crippen MR) is 213 cm³/mol. The number of nitrogens with zero attached hydrogens (tertiary/aromatic N) is 5. The Bertz CT molecular complexity index is 2590. The van der Waals surface area contributed by atoms with Gasteiger partial charge in [0, 0.05) is 39.9 Å². The van der Waals surface area contributed by atoms with E-state index in [-0.39, 0.29) is 0 Å². The molecule has 0 saturated carbocycles. The van der Waals surface area contributed by atoms with Crippen molar-refractivity contribution in [2.45, 2.75) is 0 Å². The normalized spacial score (nSPS) is 11.5. The van der Waals surface area contributed by atoms with Gasteiger partial charge in [-0.3, -0.25) is 9.97 Å². The molecule has 3 aromatic heterocycles. The third-order valence-corrected chi connectivity index (χ3v) is 9.72. The number of hydrogen-bond acceptors (Lipinski definition) is 5. The second kappa shape index (κ2) is 12.3. The fourth-order valence-corrected chi connectivity index (χ4v) is 7.00. The fraction of sp³-hybridized carbons (Fsp3) is 0. The molecule has 10 rings (SSSR count). The van der Waals surface area contributed by atoms with Gasteiger partial charge in [-0.05, 0) is 98.4 Å². The van der Waals surface area contributed by atoms with Crippen molar-refractivity contribution in [1.82, 2.24) is 24.9 Å². The van der Waals surface area contributed by atoms with Crippen LogP contribution in [0.5, 0.6) is 0 Å². The third kappa shape index (κ3) is 5.51. The molecule has 242 valence electrons. The van der Waals surface area contributed by atoms with E-state index in [1.54, 1.807) is 0 Å². The zero-order valence-corrected chi connectivity index (χ0v) is 28.0. The highest BCUT2D eigenvalue weighted by atomic mass is 15.0. The summed E-state index contributed by atoms with van der Waals surface area (Å²) >= 11 is 0. The summed E-state index contributed by atoms with van der Waals surface area (Å²) in [6.07, 6.45) is 3.67. The van der Waals surface area contributed by atoms with Crippen LogP contribution in [0.15, 0.2) is 176 Å². The average Bonchev–Trinajstić information content (AvgIpc) is 3.22. The molecule has 0 spiro atoms. The summed E-state index contributed by atoms with van der Waals surface area (Å²) in [5.74, 6) is 1.84. The Kier molecular flexibility index (Phi) is 7.07. The molecule has 0 aliphatic carbocycles. The average molecular weight is 664 g/mol. The molecule has 0 N–H and O–H groups in total. The third-order valence-electron chi connectivity index (χ3n) is 9.72. The Morgan fingerprint density at radius 2 is 0.635 bits per heavy atom. The molecule has 0 aliphatic heterocycles. The van der Waals surface area contributed by atoms with Crippen molar-refractivity contribution in [2.24, 2.45) is 0 Å². The molecular weight excluding hydrogens is 635 g/mol. The molecule has 3 heterocycles. The van der Waals surface area contributed by atoms with E-state index in [9.17, 15) is 0 Å². The van der Waals surface area contributed by atoms with Crippen LogP contribution in [0.25, 0.3) is 99.8 Å². The summed E-state index contributed by atoms with van der Waals surface area (Å²) in [4.78, 5) is 24.8. The number of fused-ring (bicyclic) bond motifs is 4. The summed E-state index contributed by atoms with van der Waals surface area (Å²) in [6.45, 7) is 0. The second-order valence-electron chi connectivity index (χ2n) is 13.1. The van der Waals surface area contributed by atoms with Crippen molar-refractivity contribution >= 4 is 43.4 Å². The van der Waals surface area contributed by atoms with Crippen molar-refractivity contribution in [3.63, 3.8) is 0 Å². The first-order valence-corrected chi connectivity index (χ1v) is 17.3. The molecule has 7 aromatic carbocycles. The van der Waals surface area contributed by atoms with Crippen LogP contribution in [0.4, 0.5) is 0 Å². The zero-order chi connectivity index (χ0) is 34.4. The van der Waals surface area contributed by atoms with Gasteiger partial charge in [0.1, 0.15) is 0 Å². The highest BCUT2D eigenvalue weighted by Crippen LogP contribution is 2.35. The molecular formula is C47H29N5. The van der Waals surface area contributed by atoms with Crippen LogP contribution in [0.1, 0.15) is 0 Å². The molecule has 0 unspecified atom stereocenters. The van der Waals surface area contributed by atoms with Crippen LogP contribution in [0.3, 0.4) is 0 Å². The number of rotatable bonds is 5. The van der Waals surface area contributed by atoms with Crippen LogP contribution in [0.2, 0.25) is 0 Å². The van der Waals surface area contributed by atoms with E-state index in [2.05, 4.69) is 162 Å². The molecule has 0 atom stereocenters. The van der Waals surface area contributed by atoms with E-state index >= 15 is 0 Å². The number of aromatic nitrogens is 5. The minimum absolute atomic E-state index is 0.599. The Morgan fingerprint density at radius 1 is 0.250 bits per heavy atom. The maximum atomic E-state index is 5.19. The predicted octanol–water partition coefficient (Wildman–Crippen LogP) is 11.6. The van der Waals surface area contributed by atoms with Gasteiger partial charge >= 0.3 is 0 Å². The lowest BCUT2D eigenvalue weighted by Crippen LogP contribution is -2.01. The standard InChI is InChI=1S/C47H29N5/c1-3-9-34-23-38(19-13-30(34)7-1)45-50-46(39-20-14-31-8-2-4-10-35(31)24-39)52-47(51-45)42-26-40(36-17-15-32-11-5-21-48-43(32)28-36)25-41(27-42)37-18-16-33-12-6-22-49-44(33)29-37/h1-29H. The topological polar surface area (TPSA) is 64.5 Å². The summed E-state index contributed by atoms with van der Waals surface area (Å²) in [7, 11) is 0. The number of benzene rings is 7. The minimum Gasteiger partial charge on any atom is -0.256 e. The fourth-order valence-electron chi connectivity index (χ4n) is 7.00. The van der Waals surface area contributed by atoms with Crippen LogP contribution < -0.4 is 0 Å². The van der Waals surface area contributed by atoms with Crippen LogP contribution in [0, 0.1) is 0 Å². The highest BCUT2D eigenvalue weighted by Gasteiger charge is 2.16. The Morgan fingerprint density at radius 3 is 1.13 bits per heavy atom. The molecule has 0 aliphatic rings. The monoisotopic (exact) mass is 663 g/mol. The van der Waals surface area contributed by atoms with Crippen molar-refractivity contribution < 1.29 is 0 Å². The second-order valence-corrected chi connectivity index (χ2v) is 13.1. The van der Waals surface area contributed by atoms with Gasteiger partial charge in [-0.25, -0.2) is 15.0 Å². The first-order chi connectivity index (χ1) is 25.7. The minimum atomic E-state index is 0.599. The molecule has 5 nitrogen and oxygen atoms in total. The van der Waals surface area contributed by atoms with Crippen molar-refractivity contribution in [1.29, 1.82) is 0 Å². The van der Waals surface area contributed by atoms with E-state index in [0.717, 1.165) is 71.5 Å². The van der Waals surface area contributed by atoms with Gasteiger partial charge in [0.15, 0.2) is 17.5 Å². The lowest BCUT2D eigenvalue weighted by molar-refractivity contribution is 1.08. The SMILES string of the molecule is c1ccc2cc(-c3nc(-c4cc(-c5ccc6cccnc6c5)cc(-c5ccc6cccnc6c5)c4)nc(-c4ccc5ccccc5c4)n3)ccc2c1. The molecule has 52 heavy (non-hydrogen) atoms. The molecule has 5 heteroatoms. The molecule has 0 saturated heterocycles. The first kappa shape index (κ1) is 29.8. The number of pyridine rings is 2. The maximum Gasteiger partial charge on any atom is 0.164 e. The Balaban J connectivity index is 1.21. The number of hydrogen-bond donors (Lipinski definition) is 0. The quantitative estimate of drug-likeness (QED) is 0.183. The first-order valence-electron chi connectivity index (χ1n) is 17.3. The molecule has 0 radical (unpaired) electrons. The largest absolute Gasteiger partial charge is 0.256 e. The highest BCUT2D eigenvalue weighted by molar-refractivity contribution is 5.91. The van der Waals surface area contributed by atoms with Gasteiger partial charge in [-0.1, -0.05) is 109 Å². The van der Waals surface area contributed by atoms with Crippen molar-refractivity contribution in [3.05, 3.63) is 176 Å². The summed E-state index contributed by atoms with van der Waals surface area (Å²) in [6, 6.07) is 57.0. The van der Waals surface area contributed by atoms with Gasteiger partial charge < -0.3 is 0 Å². The van der Waals surface area contributed by atoms with Crippen LogP contribution >= 0.6 is 0 Å². The van der Waals surface area contributed by atoms with E-state index in [0.29, 0.717) is 17.5 Å². The Labute approximate surface area is 300 Å². The van der Waals surface area contributed by atoms with Gasteiger partial charge in [0.05, 0.1) is 11.0 Å². The Hall–Kier alpha value is -7.11. The van der Waals surface area contributed by atoms with Crippen molar-refractivity contribution in [3.8, 4) is 56.4 Å². The molecule has 0 fully saturated rings. The smallest absolute Gasteiger partial charge is 0.164 e. The lowest BCUT2D eigenvalue weighted by atomic mass is 9.94. The van der Waals surface area contributed by atoms with Gasteiger partial charge in [0.25, 0.3) is 0 Å². The van der Waals surface area contributed by atoms with E-state index < -0.39 is 0 Å². The summed E-state index contributed by atoms with van der Waals surface area (Å²) in [5.41, 5.74) is 8.85. The van der Waals surface area contributed by atoms with E-state index in [1.165, 1.54) is 10.8 Å². The molecule has 0 bridgehead atoms. The lowest BCUT2D eigenvalue weighted by Gasteiger charge is -2.13. The molecule has 0 amide bonds. The summed E-state index contributed by atoms with van der Waals surface area (Å²) < 4.78 is 0. The van der Waals surface area contributed by atoms with Gasteiger partial charge in [-0.2, -0.15) is 0 Å². The van der Waals surface area contributed by atoms with Crippen LogP contribution in [-0.2, 0) is 0 Å². The molecule has 10 aromatic rings. The zero-order valence-electron chi connectivity index (χ0n) is 28.0. The van der Waals surface area contributed by atoms with Crippen molar-refractivity contribution in [2.75, 3.05) is 0 Å².